The van der Waals surface area contributed by atoms with Crippen LogP contribution in [0.1, 0.15) is 20.3 Å². The zero-order valence-electron chi connectivity index (χ0n) is 11.2. The second-order valence-corrected chi connectivity index (χ2v) is 6.54. The molecular weight excluding hydrogens is 268 g/mol. The summed E-state index contributed by atoms with van der Waals surface area (Å²) < 4.78 is 33.4. The largest absolute Gasteiger partial charge is 0.381 e. The van der Waals surface area contributed by atoms with Crippen LogP contribution in [0.25, 0.3) is 0 Å². The third-order valence-corrected chi connectivity index (χ3v) is 5.13. The third kappa shape index (κ3) is 2.75. The van der Waals surface area contributed by atoms with Gasteiger partial charge in [-0.2, -0.15) is 9.40 Å². The molecule has 1 unspecified atom stereocenters. The highest BCUT2D eigenvalue weighted by Crippen LogP contribution is 2.24. The van der Waals surface area contributed by atoms with E-state index in [2.05, 4.69) is 5.10 Å². The lowest BCUT2D eigenvalue weighted by Gasteiger charge is -2.31. The Morgan fingerprint density at radius 1 is 1.58 bits per heavy atom. The van der Waals surface area contributed by atoms with Crippen molar-refractivity contribution in [3.05, 3.63) is 6.20 Å². The first-order valence-electron chi connectivity index (χ1n) is 6.39. The van der Waals surface area contributed by atoms with Crippen LogP contribution >= 0.6 is 0 Å². The van der Waals surface area contributed by atoms with Gasteiger partial charge in [-0.3, -0.25) is 4.68 Å². The number of nitrogens with zero attached hydrogens (tertiary/aromatic N) is 3. The Kier molecular flexibility index (Phi) is 4.12. The Hall–Kier alpha value is -1.12. The van der Waals surface area contributed by atoms with Gasteiger partial charge >= 0.3 is 0 Å². The van der Waals surface area contributed by atoms with Crippen LogP contribution in [0.4, 0.5) is 5.82 Å². The highest BCUT2D eigenvalue weighted by Gasteiger charge is 2.34. The number of morpholine rings is 1. The van der Waals surface area contributed by atoms with Crippen LogP contribution in [0.2, 0.25) is 0 Å². The van der Waals surface area contributed by atoms with Crippen LogP contribution in [0.15, 0.2) is 11.1 Å². The molecule has 1 aromatic rings. The Morgan fingerprint density at radius 2 is 2.32 bits per heavy atom. The SMILES string of the molecule is CCCn1cc(S(=O)(=O)N2CCOCC2C)c(N)n1. The fraction of sp³-hybridized carbons (Fsp3) is 0.727. The zero-order chi connectivity index (χ0) is 14.0. The van der Waals surface area contributed by atoms with Crippen molar-refractivity contribution in [1.29, 1.82) is 0 Å². The number of ether oxygens (including phenoxy) is 1. The number of aromatic nitrogens is 2. The van der Waals surface area contributed by atoms with Gasteiger partial charge in [-0.05, 0) is 13.3 Å². The second-order valence-electron chi connectivity index (χ2n) is 4.68. The summed E-state index contributed by atoms with van der Waals surface area (Å²) in [6.45, 7) is 5.63. The van der Waals surface area contributed by atoms with Crippen LogP contribution in [0, 0.1) is 0 Å². The molecule has 0 saturated carbocycles. The molecule has 0 bridgehead atoms. The number of hydrogen-bond donors (Lipinski definition) is 1. The van der Waals surface area contributed by atoms with Gasteiger partial charge in [-0.25, -0.2) is 8.42 Å². The summed E-state index contributed by atoms with van der Waals surface area (Å²) in [4.78, 5) is 0.0923. The molecule has 1 atom stereocenters. The van der Waals surface area contributed by atoms with Crippen LogP contribution in [-0.4, -0.2) is 48.3 Å². The summed E-state index contributed by atoms with van der Waals surface area (Å²) in [7, 11) is -3.59. The first kappa shape index (κ1) is 14.3. The number of aryl methyl sites for hydroxylation is 1. The molecule has 8 heteroatoms. The van der Waals surface area contributed by atoms with E-state index in [0.29, 0.717) is 26.3 Å². The molecule has 1 aliphatic rings. The summed E-state index contributed by atoms with van der Waals surface area (Å²) in [6.07, 6.45) is 2.38. The molecule has 2 rings (SSSR count). The number of sulfonamides is 1. The van der Waals surface area contributed by atoms with Gasteiger partial charge in [0.15, 0.2) is 5.82 Å². The van der Waals surface area contributed by atoms with E-state index < -0.39 is 10.0 Å². The van der Waals surface area contributed by atoms with E-state index in [0.717, 1.165) is 6.42 Å². The molecule has 0 aliphatic carbocycles. The van der Waals surface area contributed by atoms with Gasteiger partial charge in [0.05, 0.1) is 13.2 Å². The average Bonchev–Trinajstić information content (AvgIpc) is 2.72. The van der Waals surface area contributed by atoms with Crippen molar-refractivity contribution in [2.45, 2.75) is 37.8 Å². The Bertz CT molecular complexity index is 540. The molecule has 2 N–H and O–H groups in total. The highest BCUT2D eigenvalue weighted by molar-refractivity contribution is 7.89. The molecule has 1 fully saturated rings. The quantitative estimate of drug-likeness (QED) is 0.859. The minimum Gasteiger partial charge on any atom is -0.381 e. The molecule has 7 nitrogen and oxygen atoms in total. The van der Waals surface area contributed by atoms with Gasteiger partial charge in [-0.15, -0.1) is 0 Å². The number of nitrogen functional groups attached to an aromatic ring is 1. The maximum atomic E-state index is 12.6. The summed E-state index contributed by atoms with van der Waals surface area (Å²) >= 11 is 0. The molecule has 1 aromatic heterocycles. The van der Waals surface area contributed by atoms with Gasteiger partial charge in [0.1, 0.15) is 4.90 Å². The second kappa shape index (κ2) is 5.48. The third-order valence-electron chi connectivity index (χ3n) is 3.10. The summed E-state index contributed by atoms with van der Waals surface area (Å²) in [5, 5.41) is 4.04. The highest BCUT2D eigenvalue weighted by atomic mass is 32.2. The van der Waals surface area contributed by atoms with Gasteiger partial charge in [-0.1, -0.05) is 6.92 Å². The predicted octanol–water partition coefficient (Wildman–Crippen LogP) is 0.285. The Balaban J connectivity index is 2.33. The molecule has 1 aliphatic heterocycles. The Morgan fingerprint density at radius 3 is 2.95 bits per heavy atom. The number of hydrogen-bond acceptors (Lipinski definition) is 5. The number of nitrogens with two attached hydrogens (primary N) is 1. The van der Waals surface area contributed by atoms with Gasteiger partial charge < -0.3 is 10.5 Å². The lowest BCUT2D eigenvalue weighted by Crippen LogP contribution is -2.47. The summed E-state index contributed by atoms with van der Waals surface area (Å²) in [6, 6.07) is -0.187. The van der Waals surface area contributed by atoms with E-state index in [1.165, 1.54) is 10.5 Å². The molecule has 108 valence electrons. The van der Waals surface area contributed by atoms with Crippen molar-refractivity contribution in [1.82, 2.24) is 14.1 Å². The summed E-state index contributed by atoms with van der Waals surface area (Å²) in [5.41, 5.74) is 5.74. The maximum absolute atomic E-state index is 12.6. The van der Waals surface area contributed by atoms with Gasteiger partial charge in [0.25, 0.3) is 0 Å². The van der Waals surface area contributed by atoms with Crippen LogP contribution < -0.4 is 5.73 Å². The standard InChI is InChI=1S/C11H20N4O3S/c1-3-4-14-7-10(11(12)13-14)19(16,17)15-5-6-18-8-9(15)2/h7,9H,3-6,8H2,1-2H3,(H2,12,13). The van der Waals surface area contributed by atoms with E-state index >= 15 is 0 Å². The molecule has 19 heavy (non-hydrogen) atoms. The minimum absolute atomic E-state index is 0.0622. The lowest BCUT2D eigenvalue weighted by molar-refractivity contribution is 0.0393. The van der Waals surface area contributed by atoms with Crippen molar-refractivity contribution in [2.75, 3.05) is 25.5 Å². The lowest BCUT2D eigenvalue weighted by atomic mass is 10.3. The monoisotopic (exact) mass is 288 g/mol. The van der Waals surface area contributed by atoms with E-state index in [4.69, 9.17) is 10.5 Å². The van der Waals surface area contributed by atoms with Crippen molar-refractivity contribution in [3.8, 4) is 0 Å². The van der Waals surface area contributed by atoms with E-state index in [1.54, 1.807) is 4.68 Å². The van der Waals surface area contributed by atoms with Crippen molar-refractivity contribution in [3.63, 3.8) is 0 Å². The first-order chi connectivity index (χ1) is 8.96. The van der Waals surface area contributed by atoms with E-state index in [-0.39, 0.29) is 16.8 Å². The van der Waals surface area contributed by atoms with Crippen LogP contribution in [0.3, 0.4) is 0 Å². The molecule has 0 radical (unpaired) electrons. The first-order valence-corrected chi connectivity index (χ1v) is 7.83. The number of anilines is 1. The van der Waals surface area contributed by atoms with E-state index in [1.807, 2.05) is 13.8 Å². The van der Waals surface area contributed by atoms with Crippen LogP contribution in [-0.2, 0) is 21.3 Å². The van der Waals surface area contributed by atoms with Gasteiger partial charge in [0.2, 0.25) is 10.0 Å². The maximum Gasteiger partial charge on any atom is 0.248 e. The summed E-state index contributed by atoms with van der Waals surface area (Å²) in [5.74, 6) is 0.0622. The fourth-order valence-corrected chi connectivity index (χ4v) is 3.82. The van der Waals surface area contributed by atoms with Crippen LogP contribution in [0.5, 0.6) is 0 Å². The molecule has 0 spiro atoms. The van der Waals surface area contributed by atoms with Gasteiger partial charge in [0, 0.05) is 25.3 Å². The molecule has 0 amide bonds. The minimum atomic E-state index is -3.59. The number of rotatable bonds is 4. The molecule has 0 aromatic carbocycles. The normalized spacial score (nSPS) is 21.7. The van der Waals surface area contributed by atoms with Crippen molar-refractivity contribution >= 4 is 15.8 Å². The topological polar surface area (TPSA) is 90.5 Å². The zero-order valence-corrected chi connectivity index (χ0v) is 12.1. The molecular formula is C11H20N4O3S. The fourth-order valence-electron chi connectivity index (χ4n) is 2.16. The van der Waals surface area contributed by atoms with Crippen molar-refractivity contribution in [2.24, 2.45) is 0 Å². The molecule has 1 saturated heterocycles. The average molecular weight is 288 g/mol. The predicted molar refractivity (Wildman–Crippen MR) is 71.1 cm³/mol. The molecule has 2 heterocycles. The van der Waals surface area contributed by atoms with E-state index in [9.17, 15) is 8.42 Å². The Labute approximate surface area is 113 Å². The smallest absolute Gasteiger partial charge is 0.248 e. The van der Waals surface area contributed by atoms with Crippen molar-refractivity contribution < 1.29 is 13.2 Å².